The molecule has 6 rings (SSSR count). The summed E-state index contributed by atoms with van der Waals surface area (Å²) in [6.45, 7) is 0.980. The number of ether oxygens (including phenoxy) is 4. The fraction of sp³-hybridized carbons (Fsp3) is 0.312. The van der Waals surface area contributed by atoms with E-state index in [0.29, 0.717) is 60.2 Å². The summed E-state index contributed by atoms with van der Waals surface area (Å²) in [5.41, 5.74) is 1.82. The summed E-state index contributed by atoms with van der Waals surface area (Å²) in [7, 11) is 0. The van der Waals surface area contributed by atoms with Gasteiger partial charge in [-0.3, -0.25) is 25.0 Å². The lowest BCUT2D eigenvalue weighted by Gasteiger charge is -2.29. The number of amides is 4. The van der Waals surface area contributed by atoms with E-state index >= 15 is 0 Å². The lowest BCUT2D eigenvalue weighted by atomic mass is 10.0. The average Bonchev–Trinajstić information content (AvgIpc) is 3.35. The molecule has 0 saturated carbocycles. The lowest BCUT2D eigenvalue weighted by molar-refractivity contribution is -0.136. The molecule has 2 N–H and O–H groups in total. The third kappa shape index (κ3) is 6.73. The van der Waals surface area contributed by atoms with Crippen molar-refractivity contribution in [3.63, 3.8) is 0 Å². The molecule has 0 radical (unpaired) electrons. The van der Waals surface area contributed by atoms with Gasteiger partial charge in [0.1, 0.15) is 36.1 Å². The molecule has 0 bridgehead atoms. The van der Waals surface area contributed by atoms with Crippen molar-refractivity contribution < 1.29 is 46.9 Å². The van der Waals surface area contributed by atoms with Crippen LogP contribution < -0.4 is 20.1 Å². The van der Waals surface area contributed by atoms with Crippen LogP contribution in [0.3, 0.4) is 0 Å². The Hall–Kier alpha value is -5.04. The normalized spacial score (nSPS) is 18.3. The van der Waals surface area contributed by atoms with Gasteiger partial charge in [-0.05, 0) is 48.4 Å². The van der Waals surface area contributed by atoms with Crippen LogP contribution in [-0.2, 0) is 32.2 Å². The molecule has 1 atom stereocenters. The number of carbonyl (C=O) groups is 4. The highest BCUT2D eigenvalue weighted by molar-refractivity contribution is 6.06. The summed E-state index contributed by atoms with van der Waals surface area (Å²) in [6.07, 6.45) is 0.596. The lowest BCUT2D eigenvalue weighted by Crippen LogP contribution is -2.52. The van der Waals surface area contributed by atoms with Crippen LogP contribution in [0.5, 0.6) is 17.2 Å². The Morgan fingerprint density at radius 2 is 1.78 bits per heavy atom. The monoisotopic (exact) mass is 621 g/mol. The summed E-state index contributed by atoms with van der Waals surface area (Å²) >= 11 is 0. The molecular formula is C32H29F2N3O8. The zero-order valence-electron chi connectivity index (χ0n) is 24.0. The summed E-state index contributed by atoms with van der Waals surface area (Å²) in [5, 5.41) is 4.90. The predicted octanol–water partition coefficient (Wildman–Crippen LogP) is 4.82. The molecule has 1 unspecified atom stereocenters. The minimum absolute atomic E-state index is 0.138. The van der Waals surface area contributed by atoms with Crippen molar-refractivity contribution in [2.45, 2.75) is 51.0 Å². The molecule has 0 aromatic heterocycles. The second-order valence-electron chi connectivity index (χ2n) is 10.8. The molecule has 45 heavy (non-hydrogen) atoms. The van der Waals surface area contributed by atoms with Crippen LogP contribution in [0.1, 0.15) is 47.2 Å². The van der Waals surface area contributed by atoms with Crippen molar-refractivity contribution >= 4 is 29.5 Å². The summed E-state index contributed by atoms with van der Waals surface area (Å²) in [4.78, 5) is 52.0. The highest BCUT2D eigenvalue weighted by Gasteiger charge is 2.41. The maximum absolute atomic E-state index is 13.9. The quantitative estimate of drug-likeness (QED) is 0.342. The maximum Gasteiger partial charge on any atom is 0.411 e. The van der Waals surface area contributed by atoms with Gasteiger partial charge >= 0.3 is 6.09 Å². The van der Waals surface area contributed by atoms with E-state index < -0.39 is 35.6 Å². The number of nitrogens with zero attached hydrogens (tertiary/aromatic N) is 1. The zero-order chi connectivity index (χ0) is 31.5. The van der Waals surface area contributed by atoms with Gasteiger partial charge in [-0.15, -0.1) is 0 Å². The maximum atomic E-state index is 13.9. The molecule has 3 aromatic rings. The van der Waals surface area contributed by atoms with Crippen molar-refractivity contribution in [3.8, 4) is 17.2 Å². The van der Waals surface area contributed by atoms with E-state index in [0.717, 1.165) is 6.07 Å². The molecule has 2 fully saturated rings. The van der Waals surface area contributed by atoms with Crippen molar-refractivity contribution in [1.82, 2.24) is 10.2 Å². The fourth-order valence-electron chi connectivity index (χ4n) is 5.46. The van der Waals surface area contributed by atoms with Gasteiger partial charge in [-0.25, -0.2) is 13.6 Å². The number of fused-ring (bicyclic) bond motifs is 1. The molecule has 3 aliphatic rings. The van der Waals surface area contributed by atoms with Crippen LogP contribution in [0.15, 0.2) is 54.6 Å². The van der Waals surface area contributed by atoms with Gasteiger partial charge in [0, 0.05) is 43.1 Å². The first-order chi connectivity index (χ1) is 21.7. The number of carbonyl (C=O) groups excluding carboxylic acids is 4. The second kappa shape index (κ2) is 12.9. The molecule has 2 saturated heterocycles. The number of rotatable bonds is 8. The van der Waals surface area contributed by atoms with Crippen LogP contribution in [0.2, 0.25) is 0 Å². The molecule has 0 aliphatic carbocycles. The Morgan fingerprint density at radius 1 is 1.00 bits per heavy atom. The topological polar surface area (TPSA) is 132 Å². The Kier molecular flexibility index (Phi) is 8.60. The first-order valence-electron chi connectivity index (χ1n) is 14.5. The third-order valence-electron chi connectivity index (χ3n) is 7.76. The molecule has 0 spiro atoms. The summed E-state index contributed by atoms with van der Waals surface area (Å²) < 4.78 is 49.7. The minimum atomic E-state index is -0.849. The van der Waals surface area contributed by atoms with Gasteiger partial charge in [-0.1, -0.05) is 12.1 Å². The van der Waals surface area contributed by atoms with E-state index in [1.54, 1.807) is 12.1 Å². The van der Waals surface area contributed by atoms with Crippen LogP contribution >= 0.6 is 0 Å². The second-order valence-corrected chi connectivity index (χ2v) is 10.8. The summed E-state index contributed by atoms with van der Waals surface area (Å²) in [5.74, 6) is -2.43. The SMILES string of the molecule is O=C1CCC(N2Cc3ccc(COC(=O)Nc4ccc(Oc5ccc(F)cc5F)cc4)c(OC4CCOCC4)c3C2=O)C(=O)N1. The molecule has 13 heteroatoms. The van der Waals surface area contributed by atoms with Gasteiger partial charge in [-0.2, -0.15) is 0 Å². The largest absolute Gasteiger partial charge is 0.489 e. The van der Waals surface area contributed by atoms with Gasteiger partial charge in [0.2, 0.25) is 11.8 Å². The molecule has 3 heterocycles. The number of hydrogen-bond acceptors (Lipinski definition) is 8. The number of piperidine rings is 1. The van der Waals surface area contributed by atoms with Crippen molar-refractivity contribution in [2.75, 3.05) is 18.5 Å². The van der Waals surface area contributed by atoms with Crippen molar-refractivity contribution in [2.24, 2.45) is 0 Å². The van der Waals surface area contributed by atoms with Crippen LogP contribution in [0.25, 0.3) is 0 Å². The van der Waals surface area contributed by atoms with E-state index in [1.165, 1.54) is 35.2 Å². The fourth-order valence-corrected chi connectivity index (χ4v) is 5.46. The van der Waals surface area contributed by atoms with E-state index in [-0.39, 0.29) is 49.5 Å². The third-order valence-corrected chi connectivity index (χ3v) is 7.76. The first-order valence-corrected chi connectivity index (χ1v) is 14.5. The average molecular weight is 622 g/mol. The van der Waals surface area contributed by atoms with Gasteiger partial charge in [0.05, 0.1) is 18.8 Å². The Morgan fingerprint density at radius 3 is 2.51 bits per heavy atom. The van der Waals surface area contributed by atoms with E-state index in [2.05, 4.69) is 10.6 Å². The highest BCUT2D eigenvalue weighted by Crippen LogP contribution is 2.38. The standard InChI is InChI=1S/C32H29F2N3O8/c33-20-3-9-26(24(34)15-20)44-22-6-4-21(5-7-22)35-32(41)43-17-19-2-1-18-16-37(25-8-10-27(38)36-30(25)39)31(40)28(18)29(19)45-23-11-13-42-14-12-23/h1-7,9,15,23,25H,8,10-14,16-17H2,(H,35,41)(H,36,38,39). The molecule has 11 nitrogen and oxygen atoms in total. The van der Waals surface area contributed by atoms with Gasteiger partial charge < -0.3 is 23.8 Å². The van der Waals surface area contributed by atoms with Crippen molar-refractivity contribution in [3.05, 3.63) is 82.9 Å². The number of benzene rings is 3. The van der Waals surface area contributed by atoms with Crippen LogP contribution in [-0.4, -0.2) is 54.1 Å². The van der Waals surface area contributed by atoms with Gasteiger partial charge in [0.25, 0.3) is 5.91 Å². The molecule has 4 amide bonds. The zero-order valence-corrected chi connectivity index (χ0v) is 24.0. The summed E-state index contributed by atoms with van der Waals surface area (Å²) in [6, 6.07) is 11.7. The first kappa shape index (κ1) is 30.0. The molecule has 3 aromatic carbocycles. The predicted molar refractivity (Wildman–Crippen MR) is 154 cm³/mol. The smallest absolute Gasteiger partial charge is 0.411 e. The molecule has 3 aliphatic heterocycles. The Labute approximate surface area is 256 Å². The highest BCUT2D eigenvalue weighted by atomic mass is 19.1. The number of halogens is 2. The molecule has 234 valence electrons. The van der Waals surface area contributed by atoms with E-state index in [1.807, 2.05) is 0 Å². The van der Waals surface area contributed by atoms with Gasteiger partial charge in [0.15, 0.2) is 11.6 Å². The number of anilines is 1. The minimum Gasteiger partial charge on any atom is -0.489 e. The van der Waals surface area contributed by atoms with Crippen LogP contribution in [0, 0.1) is 11.6 Å². The van der Waals surface area contributed by atoms with E-state index in [4.69, 9.17) is 18.9 Å². The van der Waals surface area contributed by atoms with Crippen LogP contribution in [0.4, 0.5) is 19.3 Å². The Balaban J connectivity index is 1.14. The number of nitrogens with one attached hydrogen (secondary N) is 2. The number of imide groups is 1. The van der Waals surface area contributed by atoms with Crippen molar-refractivity contribution in [1.29, 1.82) is 0 Å². The number of hydrogen-bond donors (Lipinski definition) is 2. The Bertz CT molecular complexity index is 1640. The van der Waals surface area contributed by atoms with E-state index in [9.17, 15) is 28.0 Å². The molecular weight excluding hydrogens is 592 g/mol.